The number of piperidine rings is 3. The van der Waals surface area contributed by atoms with E-state index in [0.29, 0.717) is 17.5 Å². The Morgan fingerprint density at radius 3 is 2.91 bits per heavy atom. The van der Waals surface area contributed by atoms with Crippen LogP contribution in [0.1, 0.15) is 36.0 Å². The van der Waals surface area contributed by atoms with E-state index in [9.17, 15) is 4.79 Å². The van der Waals surface area contributed by atoms with Crippen LogP contribution >= 0.6 is 0 Å². The molecule has 22 heavy (non-hydrogen) atoms. The van der Waals surface area contributed by atoms with E-state index in [-0.39, 0.29) is 11.4 Å². The van der Waals surface area contributed by atoms with E-state index >= 15 is 0 Å². The largest absolute Gasteiger partial charge is 0.356 e. The van der Waals surface area contributed by atoms with Crippen LogP contribution in [0.2, 0.25) is 0 Å². The quantitative estimate of drug-likeness (QED) is 0.923. The number of carbonyl (C=O) groups excluding carboxylic acids is 1. The summed E-state index contributed by atoms with van der Waals surface area (Å²) in [5, 5.41) is 7.99. The predicted octanol–water partition coefficient (Wildman–Crippen LogP) is 2.18. The normalized spacial score (nSPS) is 31.5. The van der Waals surface area contributed by atoms with Crippen molar-refractivity contribution in [2.75, 3.05) is 13.1 Å². The van der Waals surface area contributed by atoms with Crippen LogP contribution in [0, 0.1) is 5.92 Å². The van der Waals surface area contributed by atoms with Crippen molar-refractivity contribution in [2.24, 2.45) is 5.92 Å². The maximum Gasteiger partial charge on any atom is 0.251 e. The summed E-state index contributed by atoms with van der Waals surface area (Å²) in [6.07, 6.45) is 6.57. The molecule has 1 atom stereocenters. The lowest BCUT2D eigenvalue weighted by molar-refractivity contribution is -0.00144. The lowest BCUT2D eigenvalue weighted by Gasteiger charge is -2.52. The highest BCUT2D eigenvalue weighted by molar-refractivity contribution is 5.97. The second-order valence-electron chi connectivity index (χ2n) is 6.96. The molecule has 114 valence electrons. The fourth-order valence-corrected chi connectivity index (χ4v) is 4.56. The Morgan fingerprint density at radius 2 is 2.14 bits per heavy atom. The minimum absolute atomic E-state index is 0.0353. The van der Waals surface area contributed by atoms with Crippen LogP contribution in [0.25, 0.3) is 11.0 Å². The molecule has 1 aromatic heterocycles. The molecule has 3 aliphatic heterocycles. The molecule has 4 fully saturated rings. The zero-order chi connectivity index (χ0) is 14.7. The van der Waals surface area contributed by atoms with Crippen molar-refractivity contribution in [1.29, 1.82) is 0 Å². The Hall–Kier alpha value is -1.88. The molecule has 5 nitrogen and oxygen atoms in total. The second kappa shape index (κ2) is 4.32. The van der Waals surface area contributed by atoms with Crippen LogP contribution in [0.3, 0.4) is 0 Å². The summed E-state index contributed by atoms with van der Waals surface area (Å²) < 4.78 is 5.10. The minimum atomic E-state index is 0.0353. The van der Waals surface area contributed by atoms with Gasteiger partial charge in [-0.15, -0.1) is 0 Å². The molecule has 1 amide bonds. The highest BCUT2D eigenvalue weighted by atomic mass is 16.5. The summed E-state index contributed by atoms with van der Waals surface area (Å²) in [5.74, 6) is 0.684. The highest BCUT2D eigenvalue weighted by Gasteiger charge is 2.60. The first-order chi connectivity index (χ1) is 10.8. The summed E-state index contributed by atoms with van der Waals surface area (Å²) in [6, 6.07) is 5.83. The fraction of sp³-hybridized carbons (Fsp3) is 0.529. The van der Waals surface area contributed by atoms with Crippen molar-refractivity contribution >= 4 is 16.9 Å². The summed E-state index contributed by atoms with van der Waals surface area (Å²) in [6.45, 7) is 2.42. The molecule has 2 bridgehead atoms. The summed E-state index contributed by atoms with van der Waals surface area (Å²) in [7, 11) is 0. The molecule has 2 aromatic rings. The van der Waals surface area contributed by atoms with Crippen molar-refractivity contribution in [3.8, 4) is 0 Å². The molecule has 4 heterocycles. The third-order valence-electron chi connectivity index (χ3n) is 5.88. The van der Waals surface area contributed by atoms with Crippen LogP contribution in [0.5, 0.6) is 0 Å². The van der Waals surface area contributed by atoms with E-state index in [2.05, 4.69) is 15.4 Å². The molecule has 0 radical (unpaired) electrons. The molecule has 1 unspecified atom stereocenters. The van der Waals surface area contributed by atoms with Gasteiger partial charge in [-0.2, -0.15) is 0 Å². The van der Waals surface area contributed by atoms with Gasteiger partial charge in [0.2, 0.25) is 0 Å². The van der Waals surface area contributed by atoms with Gasteiger partial charge in [-0.1, -0.05) is 5.16 Å². The van der Waals surface area contributed by atoms with Gasteiger partial charge in [0.05, 0.1) is 12.2 Å². The van der Waals surface area contributed by atoms with Crippen molar-refractivity contribution in [2.45, 2.75) is 37.3 Å². The first-order valence-electron chi connectivity index (χ1n) is 8.17. The average molecular weight is 297 g/mol. The van der Waals surface area contributed by atoms with Crippen molar-refractivity contribution in [1.82, 2.24) is 15.4 Å². The van der Waals surface area contributed by atoms with E-state index in [4.69, 9.17) is 4.52 Å². The van der Waals surface area contributed by atoms with Gasteiger partial charge in [0.25, 0.3) is 5.91 Å². The van der Waals surface area contributed by atoms with Crippen LogP contribution in [0.4, 0.5) is 0 Å². The lowest BCUT2D eigenvalue weighted by Crippen LogP contribution is -2.65. The Balaban J connectivity index is 1.42. The third-order valence-corrected chi connectivity index (χ3v) is 5.88. The van der Waals surface area contributed by atoms with Crippen LogP contribution < -0.4 is 5.32 Å². The Labute approximate surface area is 128 Å². The minimum Gasteiger partial charge on any atom is -0.356 e. The highest BCUT2D eigenvalue weighted by Crippen LogP contribution is 2.53. The van der Waals surface area contributed by atoms with Gasteiger partial charge in [0.1, 0.15) is 0 Å². The number of benzene rings is 1. The van der Waals surface area contributed by atoms with Gasteiger partial charge >= 0.3 is 0 Å². The standard InChI is InChI=1S/C17H19N3O2/c21-16(12-1-2-14-13(9-12)10-18-22-14)19-15-11-3-7-20(8-4-11)17(15)5-6-17/h1-2,9-11,15H,3-8H2,(H,19,21). The van der Waals surface area contributed by atoms with Crippen LogP contribution in [0.15, 0.2) is 28.9 Å². The molecule has 4 aliphatic rings. The van der Waals surface area contributed by atoms with Crippen molar-refractivity contribution in [3.63, 3.8) is 0 Å². The summed E-state index contributed by atoms with van der Waals surface area (Å²) >= 11 is 0. The maximum atomic E-state index is 12.7. The van der Waals surface area contributed by atoms with E-state index in [0.717, 1.165) is 11.0 Å². The monoisotopic (exact) mass is 297 g/mol. The van der Waals surface area contributed by atoms with E-state index in [1.54, 1.807) is 6.20 Å². The zero-order valence-corrected chi connectivity index (χ0v) is 12.4. The SMILES string of the molecule is O=C(NC1C2CCN(CC2)C12CC2)c1ccc2oncc2c1. The number of rotatable bonds is 2. The molecule has 3 saturated heterocycles. The Morgan fingerprint density at radius 1 is 1.32 bits per heavy atom. The Bertz CT molecular complexity index is 741. The molecular formula is C17H19N3O2. The molecule has 6 rings (SSSR count). The van der Waals surface area contributed by atoms with Gasteiger partial charge in [-0.3, -0.25) is 9.69 Å². The third kappa shape index (κ3) is 1.69. The average Bonchev–Trinajstić information content (AvgIpc) is 3.18. The number of hydrogen-bond acceptors (Lipinski definition) is 4. The fourth-order valence-electron chi connectivity index (χ4n) is 4.56. The molecule has 1 spiro atoms. The predicted molar refractivity (Wildman–Crippen MR) is 81.5 cm³/mol. The molecular weight excluding hydrogens is 278 g/mol. The van der Waals surface area contributed by atoms with Gasteiger partial charge in [-0.05, 0) is 62.9 Å². The summed E-state index contributed by atoms with van der Waals surface area (Å²) in [5.41, 5.74) is 1.69. The van der Waals surface area contributed by atoms with E-state index in [1.165, 1.54) is 38.8 Å². The Kier molecular flexibility index (Phi) is 2.48. The van der Waals surface area contributed by atoms with Crippen molar-refractivity contribution < 1.29 is 9.32 Å². The van der Waals surface area contributed by atoms with Gasteiger partial charge < -0.3 is 9.84 Å². The number of fused-ring (bicyclic) bond motifs is 3. The first-order valence-corrected chi connectivity index (χ1v) is 8.17. The number of carbonyl (C=O) groups is 1. The molecule has 1 N–H and O–H groups in total. The number of hydrogen-bond donors (Lipinski definition) is 1. The topological polar surface area (TPSA) is 58.4 Å². The smallest absolute Gasteiger partial charge is 0.251 e. The number of aromatic nitrogens is 1. The molecule has 5 heteroatoms. The summed E-state index contributed by atoms with van der Waals surface area (Å²) in [4.78, 5) is 15.3. The second-order valence-corrected chi connectivity index (χ2v) is 6.96. The zero-order valence-electron chi connectivity index (χ0n) is 12.4. The van der Waals surface area contributed by atoms with E-state index < -0.39 is 0 Å². The first kappa shape index (κ1) is 12.6. The molecule has 1 saturated carbocycles. The maximum absolute atomic E-state index is 12.7. The number of nitrogens with zero attached hydrogens (tertiary/aromatic N) is 2. The van der Waals surface area contributed by atoms with Crippen LogP contribution in [-0.4, -0.2) is 40.6 Å². The number of amides is 1. The van der Waals surface area contributed by atoms with Gasteiger partial charge in [0, 0.05) is 16.5 Å². The van der Waals surface area contributed by atoms with Gasteiger partial charge in [0.15, 0.2) is 5.58 Å². The van der Waals surface area contributed by atoms with Crippen LogP contribution in [-0.2, 0) is 0 Å². The van der Waals surface area contributed by atoms with E-state index in [1.807, 2.05) is 18.2 Å². The van der Waals surface area contributed by atoms with Crippen molar-refractivity contribution in [3.05, 3.63) is 30.0 Å². The number of nitrogens with one attached hydrogen (secondary N) is 1. The lowest BCUT2D eigenvalue weighted by atomic mass is 9.77. The molecule has 1 aromatic carbocycles. The van der Waals surface area contributed by atoms with Gasteiger partial charge in [-0.25, -0.2) is 0 Å². The molecule has 1 aliphatic carbocycles.